The molecule has 4 heteroatoms. The molecule has 0 aliphatic rings. The van der Waals surface area contributed by atoms with Crippen molar-refractivity contribution in [2.24, 2.45) is 0 Å². The molecule has 0 atom stereocenters. The maximum atomic E-state index is 4.93. The summed E-state index contributed by atoms with van der Waals surface area (Å²) in [6.45, 7) is 11.9. The van der Waals surface area contributed by atoms with Crippen molar-refractivity contribution in [3.8, 4) is 10.6 Å². The fourth-order valence-corrected chi connectivity index (χ4v) is 3.72. The van der Waals surface area contributed by atoms with Crippen LogP contribution < -0.4 is 5.32 Å². The number of hydrogen-bond donors (Lipinski definition) is 1. The molecule has 0 saturated heterocycles. The second-order valence-corrected chi connectivity index (χ2v) is 8.59. The topological polar surface area (TPSA) is 24.9 Å². The van der Waals surface area contributed by atoms with Crippen molar-refractivity contribution in [1.29, 1.82) is 0 Å². The average Bonchev–Trinajstić information content (AvgIpc) is 2.80. The van der Waals surface area contributed by atoms with E-state index in [0.29, 0.717) is 6.04 Å². The summed E-state index contributed by atoms with van der Waals surface area (Å²) < 4.78 is 1.09. The van der Waals surface area contributed by atoms with E-state index in [0.717, 1.165) is 16.0 Å². The molecule has 21 heavy (non-hydrogen) atoms. The monoisotopic (exact) mass is 366 g/mol. The van der Waals surface area contributed by atoms with Crippen LogP contribution in [0.5, 0.6) is 0 Å². The highest BCUT2D eigenvalue weighted by atomic mass is 79.9. The largest absolute Gasteiger partial charge is 0.310 e. The summed E-state index contributed by atoms with van der Waals surface area (Å²) in [5.41, 5.74) is 2.45. The van der Waals surface area contributed by atoms with Gasteiger partial charge in [-0.15, -0.1) is 11.3 Å². The van der Waals surface area contributed by atoms with E-state index in [2.05, 4.69) is 74.1 Å². The van der Waals surface area contributed by atoms with Crippen molar-refractivity contribution in [3.05, 3.63) is 39.3 Å². The summed E-state index contributed by atoms with van der Waals surface area (Å²) in [6.07, 6.45) is 0. The first-order valence-corrected chi connectivity index (χ1v) is 8.88. The number of rotatable bonds is 4. The quantitative estimate of drug-likeness (QED) is 0.786. The van der Waals surface area contributed by atoms with E-state index < -0.39 is 0 Å². The molecule has 0 aliphatic carbocycles. The SMILES string of the molecule is CC(C)NCc1sc(-c2cccc(Br)c2)nc1C(C)(C)C. The Balaban J connectivity index is 2.40. The second kappa shape index (κ2) is 6.59. The molecular weight excluding hydrogens is 344 g/mol. The first-order chi connectivity index (χ1) is 9.77. The smallest absolute Gasteiger partial charge is 0.123 e. The van der Waals surface area contributed by atoms with E-state index in [-0.39, 0.29) is 5.41 Å². The zero-order valence-electron chi connectivity index (χ0n) is 13.3. The third-order valence-corrected chi connectivity index (χ3v) is 4.75. The Morgan fingerprint density at radius 2 is 2.00 bits per heavy atom. The van der Waals surface area contributed by atoms with E-state index >= 15 is 0 Å². The minimum atomic E-state index is 0.0642. The molecule has 0 saturated carbocycles. The highest BCUT2D eigenvalue weighted by Crippen LogP contribution is 2.35. The van der Waals surface area contributed by atoms with Crippen molar-refractivity contribution >= 4 is 27.3 Å². The molecule has 1 aromatic heterocycles. The van der Waals surface area contributed by atoms with Crippen LogP contribution in [0.15, 0.2) is 28.7 Å². The molecule has 1 aromatic carbocycles. The lowest BCUT2D eigenvalue weighted by atomic mass is 9.91. The Morgan fingerprint density at radius 3 is 2.57 bits per heavy atom. The highest BCUT2D eigenvalue weighted by molar-refractivity contribution is 9.10. The average molecular weight is 367 g/mol. The molecule has 0 radical (unpaired) electrons. The Bertz CT molecular complexity index is 611. The summed E-state index contributed by atoms with van der Waals surface area (Å²) in [5, 5.41) is 4.61. The van der Waals surface area contributed by atoms with Gasteiger partial charge in [0.15, 0.2) is 0 Å². The van der Waals surface area contributed by atoms with Crippen molar-refractivity contribution in [2.45, 2.75) is 52.6 Å². The van der Waals surface area contributed by atoms with Gasteiger partial charge in [-0.1, -0.05) is 62.7 Å². The summed E-state index contributed by atoms with van der Waals surface area (Å²) in [7, 11) is 0. The van der Waals surface area contributed by atoms with Gasteiger partial charge in [0.05, 0.1) is 5.69 Å². The molecule has 0 spiro atoms. The van der Waals surface area contributed by atoms with Crippen LogP contribution in [-0.4, -0.2) is 11.0 Å². The Hall–Kier alpha value is -0.710. The number of nitrogens with one attached hydrogen (secondary N) is 1. The van der Waals surface area contributed by atoms with Crippen LogP contribution in [0.25, 0.3) is 10.6 Å². The van der Waals surface area contributed by atoms with Gasteiger partial charge in [0, 0.05) is 32.9 Å². The maximum Gasteiger partial charge on any atom is 0.123 e. The Morgan fingerprint density at radius 1 is 1.29 bits per heavy atom. The molecule has 1 heterocycles. The summed E-state index contributed by atoms with van der Waals surface area (Å²) >= 11 is 5.33. The predicted molar refractivity (Wildman–Crippen MR) is 95.9 cm³/mol. The van der Waals surface area contributed by atoms with Crippen molar-refractivity contribution in [1.82, 2.24) is 10.3 Å². The Kier molecular flexibility index (Phi) is 5.23. The first-order valence-electron chi connectivity index (χ1n) is 7.27. The lowest BCUT2D eigenvalue weighted by Crippen LogP contribution is -2.23. The first kappa shape index (κ1) is 16.7. The van der Waals surface area contributed by atoms with Gasteiger partial charge in [-0.05, 0) is 12.1 Å². The van der Waals surface area contributed by atoms with Gasteiger partial charge in [-0.25, -0.2) is 4.98 Å². The van der Waals surface area contributed by atoms with Crippen LogP contribution in [0.2, 0.25) is 0 Å². The van der Waals surface area contributed by atoms with Crippen molar-refractivity contribution in [3.63, 3.8) is 0 Å². The normalized spacial score (nSPS) is 12.1. The molecule has 0 amide bonds. The van der Waals surface area contributed by atoms with Gasteiger partial charge in [0.25, 0.3) is 0 Å². The molecule has 0 unspecified atom stereocenters. The van der Waals surface area contributed by atoms with Crippen LogP contribution in [0.4, 0.5) is 0 Å². The predicted octanol–water partition coefficient (Wildman–Crippen LogP) is 5.37. The van der Waals surface area contributed by atoms with E-state index in [1.54, 1.807) is 11.3 Å². The number of benzene rings is 1. The van der Waals surface area contributed by atoms with Gasteiger partial charge in [-0.3, -0.25) is 0 Å². The molecule has 2 nitrogen and oxygen atoms in total. The van der Waals surface area contributed by atoms with Gasteiger partial charge in [0.1, 0.15) is 5.01 Å². The molecule has 1 N–H and O–H groups in total. The molecule has 0 bridgehead atoms. The van der Waals surface area contributed by atoms with Gasteiger partial charge in [-0.2, -0.15) is 0 Å². The Labute approximate surface area is 140 Å². The lowest BCUT2D eigenvalue weighted by molar-refractivity contribution is 0.546. The summed E-state index contributed by atoms with van der Waals surface area (Å²) in [4.78, 5) is 6.27. The number of hydrogen-bond acceptors (Lipinski definition) is 3. The zero-order valence-corrected chi connectivity index (χ0v) is 15.7. The van der Waals surface area contributed by atoms with Gasteiger partial charge in [0.2, 0.25) is 0 Å². The van der Waals surface area contributed by atoms with Crippen LogP contribution in [0.3, 0.4) is 0 Å². The third-order valence-electron chi connectivity index (χ3n) is 3.15. The van der Waals surface area contributed by atoms with Crippen molar-refractivity contribution < 1.29 is 0 Å². The highest BCUT2D eigenvalue weighted by Gasteiger charge is 2.23. The number of nitrogens with zero attached hydrogens (tertiary/aromatic N) is 1. The van der Waals surface area contributed by atoms with Crippen LogP contribution in [0, 0.1) is 0 Å². The summed E-state index contributed by atoms with van der Waals surface area (Å²) in [5.74, 6) is 0. The van der Waals surface area contributed by atoms with Gasteiger partial charge < -0.3 is 5.32 Å². The standard InChI is InChI=1S/C17H23BrN2S/c1-11(2)19-10-14-15(17(3,4)5)20-16(21-14)12-7-6-8-13(18)9-12/h6-9,11,19H,10H2,1-5H3. The molecule has 0 fully saturated rings. The number of thiazole rings is 1. The fourth-order valence-electron chi connectivity index (χ4n) is 2.10. The lowest BCUT2D eigenvalue weighted by Gasteiger charge is -2.18. The van der Waals surface area contributed by atoms with Crippen LogP contribution >= 0.6 is 27.3 Å². The van der Waals surface area contributed by atoms with E-state index in [4.69, 9.17) is 4.98 Å². The van der Waals surface area contributed by atoms with E-state index in [1.165, 1.54) is 16.1 Å². The van der Waals surface area contributed by atoms with E-state index in [9.17, 15) is 0 Å². The van der Waals surface area contributed by atoms with Crippen LogP contribution in [0.1, 0.15) is 45.2 Å². The maximum absolute atomic E-state index is 4.93. The number of aromatic nitrogens is 1. The molecule has 0 aliphatic heterocycles. The molecule has 114 valence electrons. The van der Waals surface area contributed by atoms with Gasteiger partial charge >= 0.3 is 0 Å². The second-order valence-electron chi connectivity index (χ2n) is 6.59. The molecule has 2 rings (SSSR count). The summed E-state index contributed by atoms with van der Waals surface area (Å²) in [6, 6.07) is 8.84. The minimum absolute atomic E-state index is 0.0642. The fraction of sp³-hybridized carbons (Fsp3) is 0.471. The van der Waals surface area contributed by atoms with Crippen molar-refractivity contribution in [2.75, 3.05) is 0 Å². The molecular formula is C17H23BrN2S. The number of halogens is 1. The third kappa shape index (κ3) is 4.38. The van der Waals surface area contributed by atoms with Crippen LogP contribution in [-0.2, 0) is 12.0 Å². The molecule has 2 aromatic rings. The minimum Gasteiger partial charge on any atom is -0.310 e. The van der Waals surface area contributed by atoms with E-state index in [1.807, 2.05) is 6.07 Å². The zero-order chi connectivity index (χ0) is 15.6.